The van der Waals surface area contributed by atoms with Crippen molar-refractivity contribution in [2.75, 3.05) is 13.2 Å². The SMILES string of the molecule is C=[N+]([C@H]1CCCN2C(=O)CCOc3c(F)cc(F)cc3-c3cccc(c3F)C[C@@H]12)S(=O)(=O)C(F)F. The van der Waals surface area contributed by atoms with Crippen LogP contribution in [-0.2, 0) is 21.2 Å². The molecule has 0 radical (unpaired) electrons. The molecule has 2 aromatic rings. The van der Waals surface area contributed by atoms with Crippen molar-refractivity contribution in [1.82, 2.24) is 4.90 Å². The zero-order valence-corrected chi connectivity index (χ0v) is 19.2. The van der Waals surface area contributed by atoms with Crippen molar-refractivity contribution < 1.29 is 43.9 Å². The van der Waals surface area contributed by atoms with E-state index in [1.807, 2.05) is 0 Å². The van der Waals surface area contributed by atoms with E-state index in [1.54, 1.807) is 0 Å². The van der Waals surface area contributed by atoms with Crippen LogP contribution in [-0.4, -0.2) is 60.9 Å². The van der Waals surface area contributed by atoms with E-state index in [-0.39, 0.29) is 49.1 Å². The van der Waals surface area contributed by atoms with Gasteiger partial charge in [0.25, 0.3) is 0 Å². The monoisotopic (exact) mass is 517 g/mol. The zero-order chi connectivity index (χ0) is 25.5. The van der Waals surface area contributed by atoms with E-state index in [1.165, 1.54) is 23.1 Å². The lowest BCUT2D eigenvalue weighted by Gasteiger charge is -2.39. The van der Waals surface area contributed by atoms with Gasteiger partial charge in [-0.15, -0.1) is 3.98 Å². The average molecular weight is 517 g/mol. The van der Waals surface area contributed by atoms with Gasteiger partial charge >= 0.3 is 15.8 Å². The van der Waals surface area contributed by atoms with Crippen molar-refractivity contribution in [2.24, 2.45) is 0 Å². The Balaban J connectivity index is 1.85. The molecule has 0 aromatic heterocycles. The summed E-state index contributed by atoms with van der Waals surface area (Å²) in [6, 6.07) is 3.48. The fourth-order valence-corrected chi connectivity index (χ4v) is 5.51. The summed E-state index contributed by atoms with van der Waals surface area (Å²) >= 11 is 0. The van der Waals surface area contributed by atoms with Crippen LogP contribution < -0.4 is 4.74 Å². The third kappa shape index (κ3) is 4.63. The van der Waals surface area contributed by atoms with Crippen LogP contribution in [0.4, 0.5) is 22.0 Å². The van der Waals surface area contributed by atoms with E-state index in [0.717, 1.165) is 6.07 Å². The van der Waals surface area contributed by atoms with Gasteiger partial charge in [0, 0.05) is 36.6 Å². The minimum Gasteiger partial charge on any atom is -0.489 e. The number of piperidine rings is 1. The molecule has 2 aromatic carbocycles. The molecule has 1 fully saturated rings. The normalized spacial score (nSPS) is 20.9. The van der Waals surface area contributed by atoms with E-state index in [4.69, 9.17) is 4.74 Å². The third-order valence-electron chi connectivity index (χ3n) is 6.35. The maximum absolute atomic E-state index is 15.7. The Hall–Kier alpha value is -3.02. The van der Waals surface area contributed by atoms with Crippen LogP contribution in [0.15, 0.2) is 30.3 Å². The Bertz CT molecular complexity index is 1280. The van der Waals surface area contributed by atoms with E-state index < -0.39 is 57.0 Å². The van der Waals surface area contributed by atoms with Gasteiger partial charge in [0.1, 0.15) is 18.4 Å². The maximum atomic E-state index is 15.7. The van der Waals surface area contributed by atoms with Gasteiger partial charge in [-0.05, 0) is 18.1 Å². The first kappa shape index (κ1) is 25.1. The number of carbonyl (C=O) groups is 1. The van der Waals surface area contributed by atoms with E-state index in [0.29, 0.717) is 16.5 Å². The van der Waals surface area contributed by atoms with Gasteiger partial charge in [-0.2, -0.15) is 17.2 Å². The Morgan fingerprint density at radius 2 is 1.89 bits per heavy atom. The molecule has 0 N–H and O–H groups in total. The van der Waals surface area contributed by atoms with Crippen molar-refractivity contribution >= 4 is 22.6 Å². The highest BCUT2D eigenvalue weighted by molar-refractivity contribution is 7.85. The molecule has 0 spiro atoms. The number of carbonyl (C=O) groups excluding carboxylic acids is 1. The van der Waals surface area contributed by atoms with Crippen molar-refractivity contribution in [3.8, 4) is 16.9 Å². The number of rotatable bonds is 3. The molecule has 0 unspecified atom stereocenters. The molecule has 4 rings (SSSR count). The van der Waals surface area contributed by atoms with Gasteiger partial charge < -0.3 is 9.64 Å². The second-order valence-electron chi connectivity index (χ2n) is 8.40. The predicted octanol–water partition coefficient (Wildman–Crippen LogP) is 3.72. The topological polar surface area (TPSA) is 66.7 Å². The number of ether oxygens (including phenoxy) is 1. The molecule has 0 aliphatic carbocycles. The first-order chi connectivity index (χ1) is 16.5. The number of sulfonamides is 1. The summed E-state index contributed by atoms with van der Waals surface area (Å²) in [5, 5.41) is 0. The highest BCUT2D eigenvalue weighted by Crippen LogP contribution is 2.37. The quantitative estimate of drug-likeness (QED) is 0.354. The molecule has 35 heavy (non-hydrogen) atoms. The van der Waals surface area contributed by atoms with Gasteiger partial charge in [0.05, 0.1) is 19.1 Å². The van der Waals surface area contributed by atoms with Crippen molar-refractivity contribution in [3.05, 3.63) is 53.3 Å². The molecule has 1 amide bonds. The van der Waals surface area contributed by atoms with Gasteiger partial charge in [-0.1, -0.05) is 18.2 Å². The van der Waals surface area contributed by atoms with Crippen LogP contribution in [0.2, 0.25) is 0 Å². The predicted molar refractivity (Wildman–Crippen MR) is 116 cm³/mol. The Kier molecular flexibility index (Phi) is 6.85. The largest absolute Gasteiger partial charge is 0.489 e. The summed E-state index contributed by atoms with van der Waals surface area (Å²) in [5.41, 5.74) is -0.337. The molecule has 1 saturated heterocycles. The molecular weight excluding hydrogens is 495 g/mol. The summed E-state index contributed by atoms with van der Waals surface area (Å²) in [7, 11) is -5.08. The van der Waals surface area contributed by atoms with Crippen LogP contribution in [0.1, 0.15) is 24.8 Å². The fourth-order valence-electron chi connectivity index (χ4n) is 4.68. The molecule has 2 aliphatic rings. The van der Waals surface area contributed by atoms with Crippen LogP contribution >= 0.6 is 0 Å². The third-order valence-corrected chi connectivity index (χ3v) is 7.73. The summed E-state index contributed by atoms with van der Waals surface area (Å²) in [6.07, 6.45) is -0.0533. The Morgan fingerprint density at radius 1 is 1.14 bits per heavy atom. The summed E-state index contributed by atoms with van der Waals surface area (Å²) < 4.78 is 101. The van der Waals surface area contributed by atoms with Gasteiger partial charge in [-0.3, -0.25) is 4.79 Å². The molecule has 2 aliphatic heterocycles. The van der Waals surface area contributed by atoms with Crippen LogP contribution in [0.25, 0.3) is 11.1 Å². The van der Waals surface area contributed by atoms with Crippen molar-refractivity contribution in [2.45, 2.75) is 43.5 Å². The lowest BCUT2D eigenvalue weighted by molar-refractivity contribution is -0.426. The smallest absolute Gasteiger partial charge is 0.426 e. The van der Waals surface area contributed by atoms with E-state index in [2.05, 4.69) is 6.72 Å². The number of benzene rings is 2. The van der Waals surface area contributed by atoms with Crippen LogP contribution in [0.5, 0.6) is 5.75 Å². The van der Waals surface area contributed by atoms with Gasteiger partial charge in [0.15, 0.2) is 17.6 Å². The lowest BCUT2D eigenvalue weighted by atomic mass is 9.89. The number of fused-ring (bicyclic) bond motifs is 5. The first-order valence-electron chi connectivity index (χ1n) is 10.8. The molecule has 0 saturated carbocycles. The number of hydrogen-bond acceptors (Lipinski definition) is 4. The molecule has 12 heteroatoms. The molecule has 2 atom stereocenters. The molecule has 6 nitrogen and oxygen atoms in total. The summed E-state index contributed by atoms with van der Waals surface area (Å²) in [4.78, 5) is 14.4. The molecule has 2 bridgehead atoms. The summed E-state index contributed by atoms with van der Waals surface area (Å²) in [6.45, 7) is 3.18. The zero-order valence-electron chi connectivity index (χ0n) is 18.4. The minimum absolute atomic E-state index is 0.0104. The van der Waals surface area contributed by atoms with Gasteiger partial charge in [-0.25, -0.2) is 13.2 Å². The second-order valence-corrected chi connectivity index (χ2v) is 10.3. The second kappa shape index (κ2) is 9.56. The number of hydrogen-bond donors (Lipinski definition) is 0. The van der Waals surface area contributed by atoms with Crippen molar-refractivity contribution in [1.29, 1.82) is 0 Å². The Morgan fingerprint density at radius 3 is 2.60 bits per heavy atom. The fraction of sp³-hybridized carbons (Fsp3) is 0.391. The molecule has 188 valence electrons. The lowest BCUT2D eigenvalue weighted by Crippen LogP contribution is -2.57. The van der Waals surface area contributed by atoms with Crippen LogP contribution in [0, 0.1) is 17.5 Å². The number of halogens is 5. The van der Waals surface area contributed by atoms with Crippen LogP contribution in [0.3, 0.4) is 0 Å². The molecular formula is C23H22F5N2O4S+. The summed E-state index contributed by atoms with van der Waals surface area (Å²) in [5.74, 6) is -7.50. The Labute approximate surface area is 198 Å². The number of amides is 1. The minimum atomic E-state index is -5.08. The average Bonchev–Trinajstić information content (AvgIpc) is 2.80. The van der Waals surface area contributed by atoms with E-state index >= 15 is 4.39 Å². The highest BCUT2D eigenvalue weighted by atomic mass is 32.2. The first-order valence-corrected chi connectivity index (χ1v) is 12.3. The van der Waals surface area contributed by atoms with Gasteiger partial charge in [0.2, 0.25) is 5.91 Å². The maximum Gasteiger partial charge on any atom is 0.426 e. The molecule has 2 heterocycles. The number of alkyl halides is 2. The number of nitrogens with zero attached hydrogens (tertiary/aromatic N) is 2. The highest BCUT2D eigenvalue weighted by Gasteiger charge is 2.47. The van der Waals surface area contributed by atoms with Crippen molar-refractivity contribution in [3.63, 3.8) is 0 Å². The van der Waals surface area contributed by atoms with E-state index in [9.17, 15) is 30.8 Å². The standard InChI is InChI=1S/C23H22F5N2O4S/c1-29(35(32,33)23(27)28)18-6-3-8-30-19(18)10-13-4-2-5-15(21(13)26)16-11-14(24)12-17(25)22(16)34-9-7-20(30)31/h2,4-5,11-12,18-19,23H,1,3,6-10H2/q+1/t18-,19-/m0/s1.